The Morgan fingerprint density at radius 2 is 2.12 bits per heavy atom. The van der Waals surface area contributed by atoms with Crippen molar-refractivity contribution in [3.8, 4) is 0 Å². The summed E-state index contributed by atoms with van der Waals surface area (Å²) in [5.74, 6) is 0. The van der Waals surface area contributed by atoms with Crippen molar-refractivity contribution in [1.82, 2.24) is 0 Å². The van der Waals surface area contributed by atoms with Gasteiger partial charge in [-0.25, -0.2) is 0 Å². The number of anilines is 1. The fraction of sp³-hybridized carbons (Fsp3) is 0.571. The van der Waals surface area contributed by atoms with Crippen LogP contribution in [0.5, 0.6) is 0 Å². The third kappa shape index (κ3) is 2.45. The maximum absolute atomic E-state index is 6.03. The van der Waals surface area contributed by atoms with Crippen LogP contribution in [0.3, 0.4) is 0 Å². The van der Waals surface area contributed by atoms with Crippen LogP contribution in [0.4, 0.5) is 5.69 Å². The quantitative estimate of drug-likeness (QED) is 0.866. The lowest BCUT2D eigenvalue weighted by atomic mass is 9.89. The molecule has 1 saturated heterocycles. The standard InChI is InChI=1S/C14H22N2O/c1-2-16(13-7-4-3-5-8-13)14(11-15)9-6-10-17-12-14/h3-5,7-8H,2,6,9-12,15H2,1H3. The molecule has 1 aromatic rings. The largest absolute Gasteiger partial charge is 0.379 e. The molecule has 1 aliphatic rings. The van der Waals surface area contributed by atoms with E-state index < -0.39 is 0 Å². The summed E-state index contributed by atoms with van der Waals surface area (Å²) in [6.07, 6.45) is 2.22. The summed E-state index contributed by atoms with van der Waals surface area (Å²) in [5, 5.41) is 0. The van der Waals surface area contributed by atoms with Gasteiger partial charge >= 0.3 is 0 Å². The summed E-state index contributed by atoms with van der Waals surface area (Å²) in [7, 11) is 0. The van der Waals surface area contributed by atoms with Gasteiger partial charge in [-0.3, -0.25) is 0 Å². The van der Waals surface area contributed by atoms with Crippen LogP contribution in [0, 0.1) is 0 Å². The van der Waals surface area contributed by atoms with Gasteiger partial charge in [0.15, 0.2) is 0 Å². The minimum Gasteiger partial charge on any atom is -0.379 e. The van der Waals surface area contributed by atoms with E-state index >= 15 is 0 Å². The van der Waals surface area contributed by atoms with E-state index in [0.717, 1.165) is 32.6 Å². The first-order chi connectivity index (χ1) is 8.32. The smallest absolute Gasteiger partial charge is 0.0757 e. The van der Waals surface area contributed by atoms with Crippen molar-refractivity contribution in [2.45, 2.75) is 25.3 Å². The van der Waals surface area contributed by atoms with E-state index in [-0.39, 0.29) is 5.54 Å². The van der Waals surface area contributed by atoms with Crippen LogP contribution >= 0.6 is 0 Å². The Kier molecular flexibility index (Phi) is 4.02. The molecule has 3 heteroatoms. The van der Waals surface area contributed by atoms with E-state index in [0.29, 0.717) is 6.54 Å². The second-order valence-corrected chi connectivity index (χ2v) is 4.66. The SMILES string of the molecule is CCN(c1ccccc1)C1(CN)CCCOC1. The molecule has 1 aromatic carbocycles. The number of rotatable bonds is 4. The number of ether oxygens (including phenoxy) is 1. The van der Waals surface area contributed by atoms with Gasteiger partial charge in [-0.15, -0.1) is 0 Å². The lowest BCUT2D eigenvalue weighted by molar-refractivity contribution is 0.0379. The van der Waals surface area contributed by atoms with Gasteiger partial charge in [0.2, 0.25) is 0 Å². The second-order valence-electron chi connectivity index (χ2n) is 4.66. The Hall–Kier alpha value is -1.06. The Morgan fingerprint density at radius 1 is 1.35 bits per heavy atom. The Bertz CT molecular complexity index is 333. The van der Waals surface area contributed by atoms with Crippen LogP contribution in [-0.4, -0.2) is 31.8 Å². The average Bonchev–Trinajstić information content (AvgIpc) is 2.42. The van der Waals surface area contributed by atoms with Gasteiger partial charge in [0.05, 0.1) is 12.1 Å². The van der Waals surface area contributed by atoms with Crippen molar-refractivity contribution in [3.63, 3.8) is 0 Å². The molecule has 17 heavy (non-hydrogen) atoms. The fourth-order valence-corrected chi connectivity index (χ4v) is 2.72. The highest BCUT2D eigenvalue weighted by Gasteiger charge is 2.37. The maximum atomic E-state index is 6.03. The average molecular weight is 234 g/mol. The Balaban J connectivity index is 2.26. The molecule has 0 saturated carbocycles. The molecule has 2 N–H and O–H groups in total. The third-order valence-corrected chi connectivity index (χ3v) is 3.64. The molecule has 0 spiro atoms. The van der Waals surface area contributed by atoms with E-state index in [9.17, 15) is 0 Å². The van der Waals surface area contributed by atoms with E-state index in [1.54, 1.807) is 0 Å². The van der Waals surface area contributed by atoms with Crippen molar-refractivity contribution < 1.29 is 4.74 Å². The first-order valence-electron chi connectivity index (χ1n) is 6.43. The van der Waals surface area contributed by atoms with Gasteiger partial charge in [0.25, 0.3) is 0 Å². The minimum atomic E-state index is -0.0195. The Labute approximate surface area is 104 Å². The van der Waals surface area contributed by atoms with Crippen molar-refractivity contribution in [2.24, 2.45) is 5.73 Å². The zero-order valence-corrected chi connectivity index (χ0v) is 10.6. The van der Waals surface area contributed by atoms with E-state index in [1.165, 1.54) is 5.69 Å². The van der Waals surface area contributed by atoms with E-state index in [2.05, 4.69) is 36.1 Å². The van der Waals surface area contributed by atoms with Crippen LogP contribution in [0.15, 0.2) is 30.3 Å². The molecule has 94 valence electrons. The molecule has 0 amide bonds. The molecule has 0 radical (unpaired) electrons. The van der Waals surface area contributed by atoms with Gasteiger partial charge < -0.3 is 15.4 Å². The van der Waals surface area contributed by atoms with Gasteiger partial charge in [-0.05, 0) is 31.9 Å². The highest BCUT2D eigenvalue weighted by molar-refractivity contribution is 5.49. The molecule has 1 aliphatic heterocycles. The number of nitrogens with zero attached hydrogens (tertiary/aromatic N) is 1. The molecular weight excluding hydrogens is 212 g/mol. The predicted octanol–water partition coefficient (Wildman–Crippen LogP) is 2.02. The number of nitrogens with two attached hydrogens (primary N) is 1. The first-order valence-corrected chi connectivity index (χ1v) is 6.43. The van der Waals surface area contributed by atoms with Gasteiger partial charge in [-0.2, -0.15) is 0 Å². The topological polar surface area (TPSA) is 38.5 Å². The maximum Gasteiger partial charge on any atom is 0.0757 e. The lowest BCUT2D eigenvalue weighted by Gasteiger charge is -2.46. The highest BCUT2D eigenvalue weighted by Crippen LogP contribution is 2.30. The summed E-state index contributed by atoms with van der Waals surface area (Å²) >= 11 is 0. The van der Waals surface area contributed by atoms with Gasteiger partial charge in [0, 0.05) is 25.4 Å². The molecular formula is C14H22N2O. The monoisotopic (exact) mass is 234 g/mol. The lowest BCUT2D eigenvalue weighted by Crippen LogP contribution is -2.59. The second kappa shape index (κ2) is 5.52. The first kappa shape index (κ1) is 12.4. The van der Waals surface area contributed by atoms with E-state index in [1.807, 2.05) is 6.07 Å². The van der Waals surface area contributed by atoms with Gasteiger partial charge in [-0.1, -0.05) is 18.2 Å². The predicted molar refractivity (Wildman–Crippen MR) is 71.3 cm³/mol. The van der Waals surface area contributed by atoms with Crippen LogP contribution in [-0.2, 0) is 4.74 Å². The van der Waals surface area contributed by atoms with E-state index in [4.69, 9.17) is 10.5 Å². The van der Waals surface area contributed by atoms with Crippen molar-refractivity contribution in [1.29, 1.82) is 0 Å². The van der Waals surface area contributed by atoms with Crippen molar-refractivity contribution in [3.05, 3.63) is 30.3 Å². The zero-order chi connectivity index (χ0) is 12.1. The molecule has 3 nitrogen and oxygen atoms in total. The van der Waals surface area contributed by atoms with Crippen LogP contribution in [0.1, 0.15) is 19.8 Å². The Morgan fingerprint density at radius 3 is 2.65 bits per heavy atom. The summed E-state index contributed by atoms with van der Waals surface area (Å²) < 4.78 is 5.66. The molecule has 1 unspecified atom stereocenters. The minimum absolute atomic E-state index is 0.0195. The third-order valence-electron chi connectivity index (χ3n) is 3.64. The molecule has 0 aromatic heterocycles. The summed E-state index contributed by atoms with van der Waals surface area (Å²) in [6.45, 7) is 5.40. The number of likely N-dealkylation sites (N-methyl/N-ethyl adjacent to an activating group) is 1. The molecule has 1 atom stereocenters. The van der Waals surface area contributed by atoms with Crippen LogP contribution < -0.4 is 10.6 Å². The molecule has 1 fully saturated rings. The van der Waals surface area contributed by atoms with Crippen molar-refractivity contribution >= 4 is 5.69 Å². The normalized spacial score (nSPS) is 24.6. The van der Waals surface area contributed by atoms with Crippen molar-refractivity contribution in [2.75, 3.05) is 31.2 Å². The molecule has 1 heterocycles. The molecule has 0 aliphatic carbocycles. The van der Waals surface area contributed by atoms with Crippen LogP contribution in [0.2, 0.25) is 0 Å². The highest BCUT2D eigenvalue weighted by atomic mass is 16.5. The zero-order valence-electron chi connectivity index (χ0n) is 10.6. The van der Waals surface area contributed by atoms with Crippen LogP contribution in [0.25, 0.3) is 0 Å². The number of benzene rings is 1. The molecule has 2 rings (SSSR count). The number of hydrogen-bond donors (Lipinski definition) is 1. The van der Waals surface area contributed by atoms with Gasteiger partial charge in [0.1, 0.15) is 0 Å². The fourth-order valence-electron chi connectivity index (χ4n) is 2.72. The summed E-state index contributed by atoms with van der Waals surface area (Å²) in [6, 6.07) is 10.5. The summed E-state index contributed by atoms with van der Waals surface area (Å²) in [4.78, 5) is 2.40. The summed E-state index contributed by atoms with van der Waals surface area (Å²) in [5.41, 5.74) is 7.25. The number of para-hydroxylation sites is 1. The molecule has 0 bridgehead atoms. The number of hydrogen-bond acceptors (Lipinski definition) is 3.